The third-order valence-electron chi connectivity index (χ3n) is 3.47. The van der Waals surface area contributed by atoms with E-state index in [0.29, 0.717) is 4.78 Å². The van der Waals surface area contributed by atoms with Gasteiger partial charge in [0.15, 0.2) is 0 Å². The smallest absolute Gasteiger partial charge is 0.423 e. The third-order valence-corrected chi connectivity index (χ3v) is 4.63. The van der Waals surface area contributed by atoms with E-state index in [1.807, 2.05) is 6.07 Å². The summed E-state index contributed by atoms with van der Waals surface area (Å²) in [5, 5.41) is 22.9. The van der Waals surface area contributed by atoms with Gasteiger partial charge in [0.2, 0.25) is 0 Å². The van der Waals surface area contributed by atoms with Crippen LogP contribution in [0.3, 0.4) is 0 Å². The van der Waals surface area contributed by atoms with Crippen molar-refractivity contribution in [1.82, 2.24) is 10.2 Å². The van der Waals surface area contributed by atoms with Crippen LogP contribution >= 0.6 is 11.3 Å². The molecule has 0 atom stereocenters. The van der Waals surface area contributed by atoms with Gasteiger partial charge in [-0.05, 0) is 29.1 Å². The molecule has 2 heterocycles. The first-order chi connectivity index (χ1) is 9.22. The fraction of sp³-hybridized carbons (Fsp3) is 0.385. The second kappa shape index (κ2) is 5.60. The second-order valence-corrected chi connectivity index (χ2v) is 6.04. The lowest BCUT2D eigenvalue weighted by Gasteiger charge is -2.27. The highest BCUT2D eigenvalue weighted by atomic mass is 32.1. The highest BCUT2D eigenvalue weighted by Gasteiger charge is 2.15. The summed E-state index contributed by atoms with van der Waals surface area (Å²) in [6.45, 7) is 5.25. The van der Waals surface area contributed by atoms with E-state index in [1.165, 1.54) is 16.9 Å². The maximum Gasteiger partial charge on any atom is 0.499 e. The van der Waals surface area contributed by atoms with E-state index in [-0.39, 0.29) is 0 Å². The zero-order chi connectivity index (χ0) is 13.2. The van der Waals surface area contributed by atoms with Crippen LogP contribution in [-0.2, 0) is 6.54 Å². The summed E-state index contributed by atoms with van der Waals surface area (Å²) in [6, 6.07) is 8.23. The van der Waals surface area contributed by atoms with Crippen molar-refractivity contribution in [3.63, 3.8) is 0 Å². The molecule has 3 N–H and O–H groups in total. The summed E-state index contributed by atoms with van der Waals surface area (Å²) < 4.78 is 1.71. The van der Waals surface area contributed by atoms with E-state index < -0.39 is 7.12 Å². The summed E-state index contributed by atoms with van der Waals surface area (Å²) in [5.74, 6) is 0. The molecule has 4 nitrogen and oxygen atoms in total. The van der Waals surface area contributed by atoms with Crippen LogP contribution in [0.15, 0.2) is 24.3 Å². The molecule has 100 valence electrons. The molecule has 19 heavy (non-hydrogen) atoms. The SMILES string of the molecule is OB(O)c1cc2cc(CN3CCNCC3)ccc2s1. The van der Waals surface area contributed by atoms with E-state index in [2.05, 4.69) is 28.4 Å². The molecule has 6 heteroatoms. The minimum absolute atomic E-state index is 0.606. The van der Waals surface area contributed by atoms with Crippen molar-refractivity contribution in [3.05, 3.63) is 29.8 Å². The zero-order valence-corrected chi connectivity index (χ0v) is 11.5. The first-order valence-corrected chi connectivity index (χ1v) is 7.35. The minimum Gasteiger partial charge on any atom is -0.423 e. The largest absolute Gasteiger partial charge is 0.499 e. The number of nitrogens with one attached hydrogen (secondary N) is 1. The van der Waals surface area contributed by atoms with Gasteiger partial charge in [-0.15, -0.1) is 11.3 Å². The lowest BCUT2D eigenvalue weighted by Crippen LogP contribution is -2.42. The van der Waals surface area contributed by atoms with Crippen molar-refractivity contribution >= 4 is 33.3 Å². The Morgan fingerprint density at radius 1 is 1.21 bits per heavy atom. The summed E-state index contributed by atoms with van der Waals surface area (Å²) >= 11 is 1.44. The zero-order valence-electron chi connectivity index (χ0n) is 10.7. The van der Waals surface area contributed by atoms with Gasteiger partial charge in [-0.3, -0.25) is 4.90 Å². The first-order valence-electron chi connectivity index (χ1n) is 6.54. The first kappa shape index (κ1) is 13.1. The predicted molar refractivity (Wildman–Crippen MR) is 79.8 cm³/mol. The van der Waals surface area contributed by atoms with Crippen LogP contribution in [0.1, 0.15) is 5.56 Å². The van der Waals surface area contributed by atoms with Crippen LogP contribution in [0.25, 0.3) is 10.1 Å². The van der Waals surface area contributed by atoms with Crippen molar-refractivity contribution in [1.29, 1.82) is 0 Å². The van der Waals surface area contributed by atoms with Gasteiger partial charge in [0.05, 0.1) is 0 Å². The monoisotopic (exact) mass is 276 g/mol. The summed E-state index contributed by atoms with van der Waals surface area (Å²) in [4.78, 5) is 2.44. The molecule has 1 aromatic heterocycles. The van der Waals surface area contributed by atoms with Gasteiger partial charge in [-0.1, -0.05) is 6.07 Å². The Morgan fingerprint density at radius 2 is 2.00 bits per heavy atom. The maximum absolute atomic E-state index is 9.21. The lowest BCUT2D eigenvalue weighted by molar-refractivity contribution is 0.233. The van der Waals surface area contributed by atoms with Crippen LogP contribution in [-0.4, -0.2) is 48.2 Å². The molecular formula is C13H17BN2O2S. The summed E-state index contributed by atoms with van der Waals surface area (Å²) in [5.41, 5.74) is 1.28. The van der Waals surface area contributed by atoms with Gasteiger partial charge < -0.3 is 15.4 Å². The van der Waals surface area contributed by atoms with Crippen LogP contribution in [0.4, 0.5) is 0 Å². The maximum atomic E-state index is 9.21. The van der Waals surface area contributed by atoms with Gasteiger partial charge in [0, 0.05) is 42.2 Å². The Bertz CT molecular complexity index is 567. The highest BCUT2D eigenvalue weighted by molar-refractivity contribution is 7.27. The fourth-order valence-electron chi connectivity index (χ4n) is 2.47. The third kappa shape index (κ3) is 2.99. The van der Waals surface area contributed by atoms with Crippen molar-refractivity contribution in [2.45, 2.75) is 6.54 Å². The summed E-state index contributed by atoms with van der Waals surface area (Å²) in [7, 11) is -1.37. The molecule has 1 fully saturated rings. The average molecular weight is 276 g/mol. The standard InChI is InChI=1S/C13H17BN2O2S/c17-14(18)13-8-11-7-10(1-2-12(11)19-13)9-16-5-3-15-4-6-16/h1-2,7-8,15,17-18H,3-6,9H2. The van der Waals surface area contributed by atoms with E-state index in [4.69, 9.17) is 0 Å². The van der Waals surface area contributed by atoms with E-state index in [0.717, 1.165) is 42.8 Å². The highest BCUT2D eigenvalue weighted by Crippen LogP contribution is 2.21. The molecule has 0 bridgehead atoms. The molecule has 0 aliphatic carbocycles. The predicted octanol–water partition coefficient (Wildman–Crippen LogP) is -0.0137. The Morgan fingerprint density at radius 3 is 2.74 bits per heavy atom. The topological polar surface area (TPSA) is 55.7 Å². The van der Waals surface area contributed by atoms with Crippen LogP contribution in [0.5, 0.6) is 0 Å². The van der Waals surface area contributed by atoms with Gasteiger partial charge in [-0.25, -0.2) is 0 Å². The summed E-state index contributed by atoms with van der Waals surface area (Å²) in [6.07, 6.45) is 0. The van der Waals surface area contributed by atoms with Crippen molar-refractivity contribution in [2.24, 2.45) is 0 Å². The molecule has 1 aliphatic heterocycles. The number of thiophene rings is 1. The number of fused-ring (bicyclic) bond motifs is 1. The number of rotatable bonds is 3. The molecule has 2 aromatic rings. The molecule has 0 saturated carbocycles. The van der Waals surface area contributed by atoms with Crippen molar-refractivity contribution < 1.29 is 10.0 Å². The van der Waals surface area contributed by atoms with Gasteiger partial charge in [0.25, 0.3) is 0 Å². The molecule has 0 amide bonds. The van der Waals surface area contributed by atoms with Crippen LogP contribution < -0.4 is 10.1 Å². The van der Waals surface area contributed by atoms with E-state index in [9.17, 15) is 10.0 Å². The van der Waals surface area contributed by atoms with Gasteiger partial charge in [0.1, 0.15) is 0 Å². The van der Waals surface area contributed by atoms with Gasteiger partial charge in [-0.2, -0.15) is 0 Å². The Hall–Kier alpha value is -0.915. The molecule has 0 unspecified atom stereocenters. The Labute approximate surface area is 116 Å². The molecule has 0 spiro atoms. The fourth-order valence-corrected chi connectivity index (χ4v) is 3.38. The van der Waals surface area contributed by atoms with Crippen molar-refractivity contribution in [3.8, 4) is 0 Å². The number of hydrogen-bond donors (Lipinski definition) is 3. The lowest BCUT2D eigenvalue weighted by atomic mass is 9.89. The van der Waals surface area contributed by atoms with Crippen LogP contribution in [0.2, 0.25) is 0 Å². The molecular weight excluding hydrogens is 259 g/mol. The Balaban J connectivity index is 1.80. The quantitative estimate of drug-likeness (QED) is 0.690. The molecule has 1 saturated heterocycles. The van der Waals surface area contributed by atoms with E-state index in [1.54, 1.807) is 0 Å². The Kier molecular flexibility index (Phi) is 3.86. The number of nitrogens with zero attached hydrogens (tertiary/aromatic N) is 1. The van der Waals surface area contributed by atoms with Crippen LogP contribution in [0, 0.1) is 0 Å². The number of hydrogen-bond acceptors (Lipinski definition) is 5. The average Bonchev–Trinajstić information content (AvgIpc) is 2.83. The minimum atomic E-state index is -1.37. The number of benzene rings is 1. The molecule has 1 aromatic carbocycles. The second-order valence-electron chi connectivity index (χ2n) is 4.92. The molecule has 1 aliphatic rings. The number of piperazine rings is 1. The molecule has 3 rings (SSSR count). The van der Waals surface area contributed by atoms with E-state index >= 15 is 0 Å². The van der Waals surface area contributed by atoms with Gasteiger partial charge >= 0.3 is 7.12 Å². The normalized spacial score (nSPS) is 16.9. The molecule has 0 radical (unpaired) electrons. The van der Waals surface area contributed by atoms with Crippen molar-refractivity contribution in [2.75, 3.05) is 26.2 Å².